The van der Waals surface area contributed by atoms with Crippen LogP contribution in [0.25, 0.3) is 0 Å². The number of nitrogens with zero attached hydrogens (tertiary/aromatic N) is 2. The van der Waals surface area contributed by atoms with Crippen molar-refractivity contribution in [3.63, 3.8) is 0 Å². The van der Waals surface area contributed by atoms with E-state index < -0.39 is 0 Å². The highest BCUT2D eigenvalue weighted by Gasteiger charge is 2.31. The summed E-state index contributed by atoms with van der Waals surface area (Å²) >= 11 is 1.87. The third-order valence-electron chi connectivity index (χ3n) is 3.83. The molecule has 1 saturated heterocycles. The third-order valence-corrected chi connectivity index (χ3v) is 4.78. The van der Waals surface area contributed by atoms with Crippen LogP contribution in [-0.2, 0) is 0 Å². The van der Waals surface area contributed by atoms with Crippen molar-refractivity contribution < 1.29 is 0 Å². The molecule has 106 valence electrons. The van der Waals surface area contributed by atoms with E-state index in [0.29, 0.717) is 12.0 Å². The van der Waals surface area contributed by atoms with Gasteiger partial charge < -0.3 is 10.6 Å². The van der Waals surface area contributed by atoms with Crippen molar-refractivity contribution in [3.8, 4) is 0 Å². The number of guanidine groups is 1. The molecule has 0 amide bonds. The predicted octanol–water partition coefficient (Wildman–Crippen LogP) is 1.93. The summed E-state index contributed by atoms with van der Waals surface area (Å²) in [5.74, 6) is 1.51. The zero-order valence-corrected chi connectivity index (χ0v) is 12.8. The van der Waals surface area contributed by atoms with Crippen molar-refractivity contribution in [1.29, 1.82) is 0 Å². The molecule has 0 aliphatic carbocycles. The molecule has 1 aliphatic rings. The van der Waals surface area contributed by atoms with Gasteiger partial charge in [0.25, 0.3) is 0 Å². The molecule has 2 heterocycles. The number of thiophene rings is 1. The molecule has 4 nitrogen and oxygen atoms in total. The first kappa shape index (κ1) is 14.3. The normalized spacial score (nSPS) is 25.3. The molecule has 0 aromatic carbocycles. The van der Waals surface area contributed by atoms with E-state index in [1.807, 2.05) is 25.4 Å². The average Bonchev–Trinajstić information content (AvgIpc) is 2.93. The van der Waals surface area contributed by atoms with E-state index in [2.05, 4.69) is 45.1 Å². The minimum absolute atomic E-state index is 0.538. The number of piperidine rings is 1. The average molecular weight is 280 g/mol. The van der Waals surface area contributed by atoms with Crippen molar-refractivity contribution in [2.24, 2.45) is 10.9 Å². The quantitative estimate of drug-likeness (QED) is 0.656. The molecule has 1 aromatic rings. The van der Waals surface area contributed by atoms with Crippen LogP contribution in [0.1, 0.15) is 23.8 Å². The second kappa shape index (κ2) is 6.91. The van der Waals surface area contributed by atoms with Gasteiger partial charge in [-0.15, -0.1) is 11.3 Å². The molecular weight excluding hydrogens is 256 g/mol. The van der Waals surface area contributed by atoms with Gasteiger partial charge in [-0.25, -0.2) is 0 Å². The molecule has 2 N–H and O–H groups in total. The SMILES string of the molecule is CN=C(NC)NCC1CCCN(C)C1c1cccs1. The molecule has 1 aliphatic heterocycles. The molecule has 5 heteroatoms. The minimum Gasteiger partial charge on any atom is -0.359 e. The Morgan fingerprint density at radius 2 is 2.42 bits per heavy atom. The maximum Gasteiger partial charge on any atom is 0.190 e. The molecule has 1 fully saturated rings. The monoisotopic (exact) mass is 280 g/mol. The largest absolute Gasteiger partial charge is 0.359 e. The maximum absolute atomic E-state index is 4.18. The fraction of sp³-hybridized carbons (Fsp3) is 0.643. The van der Waals surface area contributed by atoms with Crippen LogP contribution in [0.15, 0.2) is 22.5 Å². The van der Waals surface area contributed by atoms with Crippen LogP contribution in [0.4, 0.5) is 0 Å². The molecular formula is C14H24N4S. The summed E-state index contributed by atoms with van der Waals surface area (Å²) in [5, 5.41) is 8.67. The van der Waals surface area contributed by atoms with Gasteiger partial charge in [-0.3, -0.25) is 9.89 Å². The highest BCUT2D eigenvalue weighted by molar-refractivity contribution is 7.10. The second-order valence-electron chi connectivity index (χ2n) is 5.05. The van der Waals surface area contributed by atoms with E-state index in [1.54, 1.807) is 0 Å². The first-order valence-corrected chi connectivity index (χ1v) is 7.76. The molecule has 0 spiro atoms. The van der Waals surface area contributed by atoms with Crippen LogP contribution in [-0.4, -0.2) is 45.1 Å². The molecule has 2 unspecified atom stereocenters. The Hall–Kier alpha value is -1.07. The van der Waals surface area contributed by atoms with E-state index in [-0.39, 0.29) is 0 Å². The van der Waals surface area contributed by atoms with Gasteiger partial charge in [-0.2, -0.15) is 0 Å². The molecule has 19 heavy (non-hydrogen) atoms. The summed E-state index contributed by atoms with van der Waals surface area (Å²) in [4.78, 5) is 8.15. The van der Waals surface area contributed by atoms with Crippen LogP contribution in [0, 0.1) is 5.92 Å². The fourth-order valence-electron chi connectivity index (χ4n) is 2.89. The predicted molar refractivity (Wildman–Crippen MR) is 82.8 cm³/mol. The zero-order chi connectivity index (χ0) is 13.7. The Bertz CT molecular complexity index is 402. The Kier molecular flexibility index (Phi) is 5.22. The summed E-state index contributed by atoms with van der Waals surface area (Å²) in [5.41, 5.74) is 0. The number of likely N-dealkylation sites (tertiary alicyclic amines) is 1. The van der Waals surface area contributed by atoms with Gasteiger partial charge in [0.05, 0.1) is 0 Å². The Morgan fingerprint density at radius 3 is 3.05 bits per heavy atom. The fourth-order valence-corrected chi connectivity index (χ4v) is 3.87. The van der Waals surface area contributed by atoms with Crippen LogP contribution in [0.3, 0.4) is 0 Å². The summed E-state index contributed by atoms with van der Waals surface area (Å²) in [6, 6.07) is 4.95. The van der Waals surface area contributed by atoms with Crippen molar-refractivity contribution in [2.75, 3.05) is 34.2 Å². The molecule has 1 aromatic heterocycles. The molecule has 0 saturated carbocycles. The van der Waals surface area contributed by atoms with Crippen molar-refractivity contribution in [2.45, 2.75) is 18.9 Å². The Balaban J connectivity index is 2.04. The van der Waals surface area contributed by atoms with Gasteiger partial charge in [0.15, 0.2) is 5.96 Å². The van der Waals surface area contributed by atoms with Gasteiger partial charge in [-0.05, 0) is 43.8 Å². The van der Waals surface area contributed by atoms with E-state index in [4.69, 9.17) is 0 Å². The number of hydrogen-bond donors (Lipinski definition) is 2. The van der Waals surface area contributed by atoms with E-state index in [9.17, 15) is 0 Å². The van der Waals surface area contributed by atoms with Crippen molar-refractivity contribution in [1.82, 2.24) is 15.5 Å². The highest BCUT2D eigenvalue weighted by Crippen LogP contribution is 2.36. The lowest BCUT2D eigenvalue weighted by atomic mass is 9.88. The number of rotatable bonds is 3. The van der Waals surface area contributed by atoms with E-state index >= 15 is 0 Å². The topological polar surface area (TPSA) is 39.7 Å². The number of aliphatic imine (C=N–C) groups is 1. The summed E-state index contributed by atoms with van der Waals surface area (Å²) in [7, 11) is 5.95. The molecule has 2 atom stereocenters. The molecule has 2 rings (SSSR count). The standard InChI is InChI=1S/C14H24N4S/c1-15-14(16-2)17-10-11-6-4-8-18(3)13(11)12-7-5-9-19-12/h5,7,9,11,13H,4,6,8,10H2,1-3H3,(H2,15,16,17). The Morgan fingerprint density at radius 1 is 1.58 bits per heavy atom. The highest BCUT2D eigenvalue weighted by atomic mass is 32.1. The first-order chi connectivity index (χ1) is 9.26. The van der Waals surface area contributed by atoms with Gasteiger partial charge in [0.2, 0.25) is 0 Å². The zero-order valence-electron chi connectivity index (χ0n) is 12.0. The van der Waals surface area contributed by atoms with E-state index in [0.717, 1.165) is 12.5 Å². The second-order valence-corrected chi connectivity index (χ2v) is 6.03. The lowest BCUT2D eigenvalue weighted by Gasteiger charge is -2.39. The number of nitrogens with one attached hydrogen (secondary N) is 2. The summed E-state index contributed by atoms with van der Waals surface area (Å²) in [6.07, 6.45) is 2.56. The van der Waals surface area contributed by atoms with Crippen molar-refractivity contribution >= 4 is 17.3 Å². The van der Waals surface area contributed by atoms with Crippen molar-refractivity contribution in [3.05, 3.63) is 22.4 Å². The van der Waals surface area contributed by atoms with Gasteiger partial charge >= 0.3 is 0 Å². The third kappa shape index (κ3) is 3.48. The van der Waals surface area contributed by atoms with Crippen LogP contribution in [0.5, 0.6) is 0 Å². The molecule has 0 radical (unpaired) electrons. The lowest BCUT2D eigenvalue weighted by Crippen LogP contribution is -2.44. The first-order valence-electron chi connectivity index (χ1n) is 6.88. The van der Waals surface area contributed by atoms with Crippen LogP contribution < -0.4 is 10.6 Å². The summed E-state index contributed by atoms with van der Waals surface area (Å²) < 4.78 is 0. The van der Waals surface area contributed by atoms with Gasteiger partial charge in [-0.1, -0.05) is 6.07 Å². The summed E-state index contributed by atoms with van der Waals surface area (Å²) in [6.45, 7) is 2.17. The van der Waals surface area contributed by atoms with E-state index in [1.165, 1.54) is 24.3 Å². The lowest BCUT2D eigenvalue weighted by molar-refractivity contribution is 0.125. The van der Waals surface area contributed by atoms with Gasteiger partial charge in [0.1, 0.15) is 0 Å². The van der Waals surface area contributed by atoms with Crippen LogP contribution in [0.2, 0.25) is 0 Å². The van der Waals surface area contributed by atoms with Gasteiger partial charge in [0, 0.05) is 31.6 Å². The molecule has 0 bridgehead atoms. The van der Waals surface area contributed by atoms with Crippen LogP contribution >= 0.6 is 11.3 Å². The Labute approximate surface area is 119 Å². The smallest absolute Gasteiger partial charge is 0.190 e. The maximum atomic E-state index is 4.18. The number of hydrogen-bond acceptors (Lipinski definition) is 3. The minimum atomic E-state index is 0.538.